The summed E-state index contributed by atoms with van der Waals surface area (Å²) in [5.74, 6) is 1.87. The molecule has 0 spiro atoms. The van der Waals surface area contributed by atoms with Gasteiger partial charge in [-0.05, 0) is 24.2 Å². The standard InChI is InChI=1S/C17H29N3O/c1-12(2)16-18-10-15(14(11-21)19-16)20-8-6-13(7-9-20)17(3,4)5/h10,12-13,21H,6-9,11H2,1-5H3. The minimum atomic E-state index is -0.0171. The number of hydrogen-bond acceptors (Lipinski definition) is 4. The van der Waals surface area contributed by atoms with E-state index >= 15 is 0 Å². The lowest BCUT2D eigenvalue weighted by atomic mass is 9.75. The van der Waals surface area contributed by atoms with Crippen LogP contribution in [0, 0.1) is 11.3 Å². The van der Waals surface area contributed by atoms with E-state index in [0.29, 0.717) is 5.41 Å². The fourth-order valence-electron chi connectivity index (χ4n) is 3.07. The molecule has 1 N–H and O–H groups in total. The molecule has 1 saturated heterocycles. The molecule has 0 atom stereocenters. The van der Waals surface area contributed by atoms with Crippen LogP contribution in [0.5, 0.6) is 0 Å². The smallest absolute Gasteiger partial charge is 0.131 e. The first kappa shape index (κ1) is 16.2. The van der Waals surface area contributed by atoms with Crippen LogP contribution < -0.4 is 4.90 Å². The molecule has 0 radical (unpaired) electrons. The highest BCUT2D eigenvalue weighted by Gasteiger charge is 2.29. The highest BCUT2D eigenvalue weighted by atomic mass is 16.3. The second-order valence-corrected chi connectivity index (χ2v) is 7.50. The maximum atomic E-state index is 9.62. The van der Waals surface area contributed by atoms with Crippen molar-refractivity contribution in [1.82, 2.24) is 9.97 Å². The molecule has 0 saturated carbocycles. The third kappa shape index (κ3) is 3.73. The lowest BCUT2D eigenvalue weighted by molar-refractivity contribution is 0.198. The molecule has 4 heteroatoms. The topological polar surface area (TPSA) is 49.2 Å². The quantitative estimate of drug-likeness (QED) is 0.928. The molecule has 0 aliphatic carbocycles. The predicted octanol–water partition coefficient (Wildman–Crippen LogP) is 3.35. The predicted molar refractivity (Wildman–Crippen MR) is 86.4 cm³/mol. The molecule has 0 unspecified atom stereocenters. The summed E-state index contributed by atoms with van der Waals surface area (Å²) in [6.07, 6.45) is 4.28. The molecule has 1 aliphatic heterocycles. The van der Waals surface area contributed by atoms with Crippen molar-refractivity contribution in [1.29, 1.82) is 0 Å². The summed E-state index contributed by atoms with van der Waals surface area (Å²) in [6.45, 7) is 13.2. The highest BCUT2D eigenvalue weighted by molar-refractivity contribution is 5.49. The van der Waals surface area contributed by atoms with Gasteiger partial charge in [0.1, 0.15) is 5.82 Å². The molecule has 2 heterocycles. The van der Waals surface area contributed by atoms with Crippen molar-refractivity contribution in [3.63, 3.8) is 0 Å². The zero-order valence-corrected chi connectivity index (χ0v) is 14.1. The Hall–Kier alpha value is -1.16. The number of anilines is 1. The summed E-state index contributed by atoms with van der Waals surface area (Å²) in [4.78, 5) is 11.3. The number of rotatable bonds is 3. The van der Waals surface area contributed by atoms with Crippen LogP contribution in [-0.2, 0) is 6.61 Å². The van der Waals surface area contributed by atoms with Crippen molar-refractivity contribution < 1.29 is 5.11 Å². The Balaban J connectivity index is 2.13. The van der Waals surface area contributed by atoms with Gasteiger partial charge in [-0.3, -0.25) is 0 Å². The summed E-state index contributed by atoms with van der Waals surface area (Å²) in [5, 5.41) is 9.62. The van der Waals surface area contributed by atoms with Gasteiger partial charge < -0.3 is 10.0 Å². The average molecular weight is 291 g/mol. The van der Waals surface area contributed by atoms with Gasteiger partial charge in [0.2, 0.25) is 0 Å². The maximum Gasteiger partial charge on any atom is 0.131 e. The monoisotopic (exact) mass is 291 g/mol. The molecule has 1 aliphatic rings. The van der Waals surface area contributed by atoms with Crippen molar-refractivity contribution in [3.8, 4) is 0 Å². The second kappa shape index (κ2) is 6.30. The average Bonchev–Trinajstić information content (AvgIpc) is 2.45. The van der Waals surface area contributed by atoms with E-state index in [1.54, 1.807) is 0 Å². The van der Waals surface area contributed by atoms with Crippen LogP contribution in [0.4, 0.5) is 5.69 Å². The van der Waals surface area contributed by atoms with Crippen LogP contribution >= 0.6 is 0 Å². The maximum absolute atomic E-state index is 9.62. The van der Waals surface area contributed by atoms with Gasteiger partial charge in [-0.25, -0.2) is 9.97 Å². The van der Waals surface area contributed by atoms with E-state index in [4.69, 9.17) is 0 Å². The van der Waals surface area contributed by atoms with Crippen LogP contribution in [-0.4, -0.2) is 28.2 Å². The van der Waals surface area contributed by atoms with Crippen LogP contribution in [0.3, 0.4) is 0 Å². The van der Waals surface area contributed by atoms with Crippen LogP contribution in [0.1, 0.15) is 64.9 Å². The van der Waals surface area contributed by atoms with Crippen molar-refractivity contribution in [3.05, 3.63) is 17.7 Å². The SMILES string of the molecule is CC(C)c1ncc(N2CCC(C(C)(C)C)CC2)c(CO)n1. The van der Waals surface area contributed by atoms with E-state index in [-0.39, 0.29) is 12.5 Å². The Morgan fingerprint density at radius 3 is 2.38 bits per heavy atom. The first-order valence-electron chi connectivity index (χ1n) is 8.04. The Morgan fingerprint density at radius 1 is 1.29 bits per heavy atom. The molecule has 0 aromatic carbocycles. The van der Waals surface area contributed by atoms with Gasteiger partial charge >= 0.3 is 0 Å². The number of piperidine rings is 1. The summed E-state index contributed by atoms with van der Waals surface area (Å²) in [5.41, 5.74) is 2.15. The summed E-state index contributed by atoms with van der Waals surface area (Å²) in [7, 11) is 0. The number of aromatic nitrogens is 2. The van der Waals surface area contributed by atoms with Crippen molar-refractivity contribution in [2.75, 3.05) is 18.0 Å². The summed E-state index contributed by atoms with van der Waals surface area (Å²) >= 11 is 0. The zero-order valence-electron chi connectivity index (χ0n) is 14.1. The van der Waals surface area contributed by atoms with Gasteiger partial charge in [0.05, 0.1) is 24.2 Å². The Morgan fingerprint density at radius 2 is 1.90 bits per heavy atom. The zero-order chi connectivity index (χ0) is 15.6. The molecule has 0 amide bonds. The van der Waals surface area contributed by atoms with E-state index in [1.807, 2.05) is 6.20 Å². The molecule has 2 rings (SSSR count). The van der Waals surface area contributed by atoms with Gasteiger partial charge in [-0.1, -0.05) is 34.6 Å². The van der Waals surface area contributed by atoms with E-state index in [0.717, 1.165) is 36.2 Å². The first-order valence-corrected chi connectivity index (χ1v) is 8.04. The molecule has 21 heavy (non-hydrogen) atoms. The van der Waals surface area contributed by atoms with Crippen LogP contribution in [0.25, 0.3) is 0 Å². The first-order chi connectivity index (χ1) is 9.82. The second-order valence-electron chi connectivity index (χ2n) is 7.50. The third-order valence-electron chi connectivity index (χ3n) is 4.59. The fraction of sp³-hybridized carbons (Fsp3) is 0.765. The van der Waals surface area contributed by atoms with Crippen molar-refractivity contribution >= 4 is 5.69 Å². The normalized spacial score (nSPS) is 17.6. The molecule has 4 nitrogen and oxygen atoms in total. The Labute approximate surface area is 128 Å². The lowest BCUT2D eigenvalue weighted by Crippen LogP contribution is -2.38. The third-order valence-corrected chi connectivity index (χ3v) is 4.59. The van der Waals surface area contributed by atoms with Crippen molar-refractivity contribution in [2.45, 2.75) is 60.0 Å². The molecule has 1 aromatic rings. The number of nitrogens with zero attached hydrogens (tertiary/aromatic N) is 3. The summed E-state index contributed by atoms with van der Waals surface area (Å²) in [6, 6.07) is 0. The minimum Gasteiger partial charge on any atom is -0.390 e. The van der Waals surface area contributed by atoms with E-state index < -0.39 is 0 Å². The molecule has 1 aromatic heterocycles. The van der Waals surface area contributed by atoms with Gasteiger partial charge in [-0.2, -0.15) is 0 Å². The van der Waals surface area contributed by atoms with Gasteiger partial charge in [0, 0.05) is 19.0 Å². The van der Waals surface area contributed by atoms with E-state index in [1.165, 1.54) is 12.8 Å². The molecular weight excluding hydrogens is 262 g/mol. The van der Waals surface area contributed by atoms with Crippen LogP contribution in [0.15, 0.2) is 6.20 Å². The Bertz CT molecular complexity index is 471. The largest absolute Gasteiger partial charge is 0.390 e. The summed E-state index contributed by atoms with van der Waals surface area (Å²) < 4.78 is 0. The van der Waals surface area contributed by atoms with E-state index in [9.17, 15) is 5.11 Å². The Kier molecular flexibility index (Phi) is 4.87. The van der Waals surface area contributed by atoms with Crippen LogP contribution in [0.2, 0.25) is 0 Å². The highest BCUT2D eigenvalue weighted by Crippen LogP contribution is 2.36. The molecular formula is C17H29N3O. The number of aliphatic hydroxyl groups excluding tert-OH is 1. The van der Waals surface area contributed by atoms with Crippen molar-refractivity contribution in [2.24, 2.45) is 11.3 Å². The van der Waals surface area contributed by atoms with E-state index in [2.05, 4.69) is 49.5 Å². The minimum absolute atomic E-state index is 0.0171. The molecule has 0 bridgehead atoms. The lowest BCUT2D eigenvalue weighted by Gasteiger charge is -2.40. The van der Waals surface area contributed by atoms with Gasteiger partial charge in [0.15, 0.2) is 0 Å². The number of aliphatic hydroxyl groups is 1. The fourth-order valence-corrected chi connectivity index (χ4v) is 3.07. The van der Waals surface area contributed by atoms with Gasteiger partial charge in [0.25, 0.3) is 0 Å². The molecule has 118 valence electrons. The number of hydrogen-bond donors (Lipinski definition) is 1. The van der Waals surface area contributed by atoms with Gasteiger partial charge in [-0.15, -0.1) is 0 Å². The molecule has 1 fully saturated rings.